The van der Waals surface area contributed by atoms with Gasteiger partial charge >= 0.3 is 6.01 Å². The Bertz CT molecular complexity index is 1290. The largest absolute Gasteiger partial charge is 0.461 e. The summed E-state index contributed by atoms with van der Waals surface area (Å²) >= 11 is 6.48. The highest BCUT2D eigenvalue weighted by atomic mass is 35.5. The molecule has 3 aromatic heterocycles. The minimum absolute atomic E-state index is 0.232. The molecule has 0 amide bonds. The number of halogens is 2. The number of aryl methyl sites for hydroxylation is 1. The number of aromatic nitrogens is 4. The SMILES string of the molecule is Cn1c2nc(OC[C@@]34CCCN3C[C@H](F)C4)nc(N3CCOC[C@@](C)(O)C3)c2c2ccnc(Cl)c21. The van der Waals surface area contributed by atoms with Crippen molar-refractivity contribution in [2.45, 2.75) is 43.5 Å². The lowest BCUT2D eigenvalue weighted by molar-refractivity contribution is -0.0123. The van der Waals surface area contributed by atoms with Gasteiger partial charge in [-0.3, -0.25) is 4.90 Å². The van der Waals surface area contributed by atoms with Crippen molar-refractivity contribution in [2.75, 3.05) is 50.9 Å². The van der Waals surface area contributed by atoms with E-state index in [0.717, 1.165) is 35.7 Å². The predicted octanol–water partition coefficient (Wildman–Crippen LogP) is 2.71. The van der Waals surface area contributed by atoms with Crippen LogP contribution < -0.4 is 9.64 Å². The van der Waals surface area contributed by atoms with Crippen LogP contribution in [-0.4, -0.2) is 92.8 Å². The molecule has 0 radical (unpaired) electrons. The third-order valence-electron chi connectivity index (χ3n) is 7.63. The second-order valence-corrected chi connectivity index (χ2v) is 10.8. The van der Waals surface area contributed by atoms with Crippen molar-refractivity contribution in [1.29, 1.82) is 0 Å². The van der Waals surface area contributed by atoms with Crippen LogP contribution in [0.3, 0.4) is 0 Å². The summed E-state index contributed by atoms with van der Waals surface area (Å²) in [6.07, 6.45) is 3.26. The smallest absolute Gasteiger partial charge is 0.320 e. The van der Waals surface area contributed by atoms with Gasteiger partial charge in [0.05, 0.1) is 36.2 Å². The first kappa shape index (κ1) is 23.1. The molecule has 3 aliphatic heterocycles. The van der Waals surface area contributed by atoms with Crippen LogP contribution in [0, 0.1) is 0 Å². The molecule has 3 aromatic rings. The summed E-state index contributed by atoms with van der Waals surface area (Å²) in [5.74, 6) is 0.652. The minimum atomic E-state index is -1.04. The summed E-state index contributed by atoms with van der Waals surface area (Å²) in [4.78, 5) is 18.1. The summed E-state index contributed by atoms with van der Waals surface area (Å²) < 4.78 is 28.0. The summed E-state index contributed by atoms with van der Waals surface area (Å²) in [5.41, 5.74) is 0.0769. The minimum Gasteiger partial charge on any atom is -0.461 e. The number of hydrogen-bond acceptors (Lipinski definition) is 8. The van der Waals surface area contributed by atoms with Crippen molar-refractivity contribution >= 4 is 39.4 Å². The number of alkyl halides is 1. The Labute approximate surface area is 207 Å². The Hall–Kier alpha value is -2.27. The topological polar surface area (TPSA) is 88.8 Å². The number of aliphatic hydroxyl groups is 1. The van der Waals surface area contributed by atoms with Crippen LogP contribution in [0.25, 0.3) is 21.9 Å². The number of nitrogens with zero attached hydrogens (tertiary/aromatic N) is 6. The van der Waals surface area contributed by atoms with Gasteiger partial charge in [-0.1, -0.05) is 11.6 Å². The third kappa shape index (κ3) is 3.91. The number of fused-ring (bicyclic) bond motifs is 4. The molecule has 0 aromatic carbocycles. The van der Waals surface area contributed by atoms with E-state index in [-0.39, 0.29) is 18.2 Å². The molecule has 3 fully saturated rings. The molecule has 3 aliphatic rings. The normalized spacial score (nSPS) is 29.7. The van der Waals surface area contributed by atoms with Crippen LogP contribution in [0.2, 0.25) is 5.15 Å². The van der Waals surface area contributed by atoms with E-state index in [1.165, 1.54) is 0 Å². The number of ether oxygens (including phenoxy) is 2. The molecule has 0 spiro atoms. The summed E-state index contributed by atoms with van der Waals surface area (Å²) in [7, 11) is 1.89. The molecule has 6 heterocycles. The maximum Gasteiger partial charge on any atom is 0.320 e. The second kappa shape index (κ2) is 8.40. The van der Waals surface area contributed by atoms with Crippen molar-refractivity contribution in [1.82, 2.24) is 24.4 Å². The van der Waals surface area contributed by atoms with E-state index in [2.05, 4.69) is 9.88 Å². The summed E-state index contributed by atoms with van der Waals surface area (Å²) in [6, 6.07) is 2.13. The number of rotatable bonds is 4. The van der Waals surface area contributed by atoms with Gasteiger partial charge in [0.1, 0.15) is 29.8 Å². The number of β-amino-alcohol motifs (C(OH)–C–C–N with tert-alkyl or cyclic N) is 1. The van der Waals surface area contributed by atoms with Crippen LogP contribution in [0.4, 0.5) is 10.2 Å². The molecule has 35 heavy (non-hydrogen) atoms. The van der Waals surface area contributed by atoms with Crippen molar-refractivity contribution in [3.05, 3.63) is 17.4 Å². The molecule has 0 unspecified atom stereocenters. The quantitative estimate of drug-likeness (QED) is 0.543. The lowest BCUT2D eigenvalue weighted by Crippen LogP contribution is -2.44. The second-order valence-electron chi connectivity index (χ2n) is 10.4. The Kier molecular flexibility index (Phi) is 5.55. The zero-order valence-corrected chi connectivity index (χ0v) is 20.8. The molecule has 3 atom stereocenters. The first-order chi connectivity index (χ1) is 16.8. The lowest BCUT2D eigenvalue weighted by atomic mass is 9.95. The zero-order chi connectivity index (χ0) is 24.4. The Morgan fingerprint density at radius 2 is 2.20 bits per heavy atom. The van der Waals surface area contributed by atoms with Crippen molar-refractivity contribution < 1.29 is 19.0 Å². The van der Waals surface area contributed by atoms with Gasteiger partial charge < -0.3 is 24.0 Å². The van der Waals surface area contributed by atoms with E-state index in [1.54, 1.807) is 13.1 Å². The number of anilines is 1. The van der Waals surface area contributed by atoms with Crippen LogP contribution in [0.15, 0.2) is 12.3 Å². The average molecular weight is 505 g/mol. The van der Waals surface area contributed by atoms with Gasteiger partial charge in [0.15, 0.2) is 5.15 Å². The van der Waals surface area contributed by atoms with E-state index in [1.807, 2.05) is 22.6 Å². The standard InChI is InChI=1S/C24H30ClFN6O3/c1-23(33)12-31(8-9-34-13-23)21-17-16-4-6-27-19(25)18(16)30(2)20(17)28-22(29-21)35-14-24-5-3-7-32(24)11-15(26)10-24/h4,6,15,33H,3,5,7-14H2,1-2H3/t15-,23+,24+/m1/s1. The monoisotopic (exact) mass is 504 g/mol. The molecule has 188 valence electrons. The first-order valence-corrected chi connectivity index (χ1v) is 12.5. The molecule has 1 N–H and O–H groups in total. The molecular formula is C24H30ClFN6O3. The Morgan fingerprint density at radius 3 is 3.06 bits per heavy atom. The van der Waals surface area contributed by atoms with Crippen LogP contribution in [-0.2, 0) is 11.8 Å². The average Bonchev–Trinajstić information content (AvgIpc) is 3.38. The molecule has 9 nitrogen and oxygen atoms in total. The highest BCUT2D eigenvalue weighted by molar-refractivity contribution is 6.35. The van der Waals surface area contributed by atoms with Gasteiger partial charge in [-0.25, -0.2) is 9.37 Å². The fraction of sp³-hybridized carbons (Fsp3) is 0.625. The fourth-order valence-corrected chi connectivity index (χ4v) is 6.37. The van der Waals surface area contributed by atoms with E-state index in [9.17, 15) is 9.50 Å². The van der Waals surface area contributed by atoms with Crippen LogP contribution in [0.5, 0.6) is 6.01 Å². The lowest BCUT2D eigenvalue weighted by Gasteiger charge is -2.31. The molecule has 11 heteroatoms. The predicted molar refractivity (Wildman–Crippen MR) is 131 cm³/mol. The highest BCUT2D eigenvalue weighted by Crippen LogP contribution is 2.41. The highest BCUT2D eigenvalue weighted by Gasteiger charge is 2.49. The molecule has 0 bridgehead atoms. The van der Waals surface area contributed by atoms with Crippen molar-refractivity contribution in [2.24, 2.45) is 7.05 Å². The summed E-state index contributed by atoms with van der Waals surface area (Å²) in [6.45, 7) is 5.06. The first-order valence-electron chi connectivity index (χ1n) is 12.1. The van der Waals surface area contributed by atoms with Crippen molar-refractivity contribution in [3.8, 4) is 6.01 Å². The maximum absolute atomic E-state index is 14.3. The van der Waals surface area contributed by atoms with E-state index < -0.39 is 11.8 Å². The Balaban J connectivity index is 1.46. The van der Waals surface area contributed by atoms with Gasteiger partial charge in [0.2, 0.25) is 0 Å². The van der Waals surface area contributed by atoms with Crippen molar-refractivity contribution in [3.63, 3.8) is 0 Å². The third-order valence-corrected chi connectivity index (χ3v) is 7.91. The van der Waals surface area contributed by atoms with Gasteiger partial charge in [-0.2, -0.15) is 9.97 Å². The molecule has 0 aliphatic carbocycles. The van der Waals surface area contributed by atoms with Gasteiger partial charge in [0.25, 0.3) is 0 Å². The molecule has 6 rings (SSSR count). The maximum atomic E-state index is 14.3. The molecule has 3 saturated heterocycles. The van der Waals surface area contributed by atoms with Crippen LogP contribution >= 0.6 is 11.6 Å². The molecule has 0 saturated carbocycles. The number of hydrogen-bond donors (Lipinski definition) is 1. The van der Waals surface area contributed by atoms with Gasteiger partial charge in [-0.05, 0) is 32.4 Å². The molecular weight excluding hydrogens is 475 g/mol. The van der Waals surface area contributed by atoms with E-state index >= 15 is 0 Å². The van der Waals surface area contributed by atoms with Crippen LogP contribution in [0.1, 0.15) is 26.2 Å². The van der Waals surface area contributed by atoms with Gasteiger partial charge in [-0.15, -0.1) is 0 Å². The van der Waals surface area contributed by atoms with E-state index in [4.69, 9.17) is 31.0 Å². The van der Waals surface area contributed by atoms with Gasteiger partial charge in [0, 0.05) is 38.1 Å². The fourth-order valence-electron chi connectivity index (χ4n) is 6.08. The summed E-state index contributed by atoms with van der Waals surface area (Å²) in [5, 5.41) is 12.9. The Morgan fingerprint density at radius 1 is 1.34 bits per heavy atom. The van der Waals surface area contributed by atoms with E-state index in [0.29, 0.717) is 55.9 Å². The zero-order valence-electron chi connectivity index (χ0n) is 20.0. The number of pyridine rings is 1.